The molecule has 12 heterocycles. The Hall–Kier alpha value is -3.63. The minimum Gasteiger partial charge on any atom is -0.379 e. The van der Waals surface area contributed by atoms with Crippen molar-refractivity contribution in [3.05, 3.63) is 142 Å². The molecule has 125 heavy (non-hydrogen) atoms. The molecule has 0 spiro atoms. The van der Waals surface area contributed by atoms with Crippen molar-refractivity contribution in [2.24, 2.45) is 84.0 Å². The van der Waals surface area contributed by atoms with E-state index in [9.17, 15) is 0 Å². The Balaban J connectivity index is 0.000000103. The van der Waals surface area contributed by atoms with Gasteiger partial charge in [0.2, 0.25) is 0 Å². The van der Waals surface area contributed by atoms with Crippen molar-refractivity contribution in [1.29, 1.82) is 0 Å². The van der Waals surface area contributed by atoms with Crippen LogP contribution in [0.5, 0.6) is 0 Å². The van der Waals surface area contributed by atoms with Gasteiger partial charge in [-0.05, 0) is 395 Å². The zero-order valence-electron chi connectivity index (χ0n) is 83.0. The number of nitrogens with zero attached hydrogens (tertiary/aromatic N) is 10. The van der Waals surface area contributed by atoms with Crippen LogP contribution >= 0.6 is 11.8 Å². The number of rotatable bonds is 0. The third kappa shape index (κ3) is 20.6. The molecule has 11 aliphatic heterocycles. The summed E-state index contributed by atoms with van der Waals surface area (Å²) < 4.78 is 7.59. The molecule has 4 aromatic carbocycles. The molecule has 31 atom stereocenters. The van der Waals surface area contributed by atoms with E-state index in [0.29, 0.717) is 12.1 Å². The minimum absolute atomic E-state index is 0.699. The average molecular weight is 1730 g/mol. The van der Waals surface area contributed by atoms with Gasteiger partial charge >= 0.3 is 0 Å². The number of piperidine rings is 1. The van der Waals surface area contributed by atoms with E-state index in [-0.39, 0.29) is 0 Å². The molecule has 0 amide bonds. The summed E-state index contributed by atoms with van der Waals surface area (Å²) in [5, 5.41) is 1.33. The second kappa shape index (κ2) is 42.3. The number of hydrogen-bond donors (Lipinski definition) is 0. The molecule has 17 fully saturated rings. The molecule has 0 radical (unpaired) electrons. The highest BCUT2D eigenvalue weighted by atomic mass is 32.2. The van der Waals surface area contributed by atoms with Gasteiger partial charge in [0.1, 0.15) is 0 Å². The lowest BCUT2D eigenvalue weighted by Crippen LogP contribution is -2.46. The summed E-state index contributed by atoms with van der Waals surface area (Å²) in [5.41, 5.74) is 12.2. The van der Waals surface area contributed by atoms with Crippen LogP contribution in [0.25, 0.3) is 10.9 Å². The second-order valence-electron chi connectivity index (χ2n) is 46.0. The summed E-state index contributed by atoms with van der Waals surface area (Å²) in [6.07, 6.45) is 45.2. The molecule has 1 aromatic heterocycles. The topological polar surface area (TPSA) is 43.3 Å². The van der Waals surface area contributed by atoms with E-state index < -0.39 is 0 Å². The zero-order chi connectivity index (χ0) is 87.8. The molecule has 31 unspecified atom stereocenters. The van der Waals surface area contributed by atoms with Gasteiger partial charge in [0.25, 0.3) is 0 Å². The van der Waals surface area contributed by atoms with E-state index in [1.54, 1.807) is 59.1 Å². The highest BCUT2D eigenvalue weighted by Gasteiger charge is 2.53. The molecule has 694 valence electrons. The van der Waals surface area contributed by atoms with E-state index in [1.807, 2.05) is 0 Å². The third-order valence-corrected chi connectivity index (χ3v) is 40.7. The average Bonchev–Trinajstić information content (AvgIpc) is 1.63. The summed E-state index contributed by atoms with van der Waals surface area (Å²) in [5.74, 6) is 16.9. The highest BCUT2D eigenvalue weighted by molar-refractivity contribution is 7.99. The Morgan fingerprint density at radius 3 is 1.49 bits per heavy atom. The van der Waals surface area contributed by atoms with Gasteiger partial charge in [-0.2, -0.15) is 11.8 Å². The smallest absolute Gasteiger partial charge is 0.0625 e. The van der Waals surface area contributed by atoms with Crippen LogP contribution in [-0.4, -0.2) is 234 Å². The summed E-state index contributed by atoms with van der Waals surface area (Å²) in [6, 6.07) is 51.6. The number of hydrogen-bond acceptors (Lipinski definition) is 11. The molecule has 11 saturated heterocycles. The van der Waals surface area contributed by atoms with Crippen molar-refractivity contribution in [2.45, 2.75) is 377 Å². The number of benzene rings is 4. The number of aryl methyl sites for hydroxylation is 3. The predicted octanol–water partition coefficient (Wildman–Crippen LogP) is 23.3. The molecule has 0 bridgehead atoms. The molecule has 11 nitrogen and oxygen atoms in total. The van der Waals surface area contributed by atoms with E-state index in [2.05, 4.69) is 303 Å². The number of aromatic nitrogens is 1. The third-order valence-electron chi connectivity index (χ3n) is 39.4. The molecule has 0 N–H and O–H groups in total. The molecule has 20 aliphatic rings. The number of likely N-dealkylation sites (N-methyl/N-ethyl adjacent to an activating group) is 2. The van der Waals surface area contributed by atoms with Crippen LogP contribution in [0, 0.1) is 83.9 Å². The lowest BCUT2D eigenvalue weighted by molar-refractivity contribution is 0.0509. The molecule has 25 rings (SSSR count). The van der Waals surface area contributed by atoms with Gasteiger partial charge in [-0.15, -0.1) is 0 Å². The maximum Gasteiger partial charge on any atom is 0.0625 e. The van der Waals surface area contributed by atoms with E-state index in [1.165, 1.54) is 208 Å². The van der Waals surface area contributed by atoms with Crippen molar-refractivity contribution in [3.63, 3.8) is 0 Å². The van der Waals surface area contributed by atoms with Crippen molar-refractivity contribution in [1.82, 2.24) is 48.7 Å². The minimum atomic E-state index is 0.699. The van der Waals surface area contributed by atoms with Gasteiger partial charge < -0.3 is 28.9 Å². The largest absolute Gasteiger partial charge is 0.379 e. The zero-order valence-corrected chi connectivity index (χ0v) is 83.8. The fraction of sp³-hybridized carbons (Fsp3) is 0.770. The first-order valence-electron chi connectivity index (χ1n) is 52.7. The molecule has 5 aromatic rings. The predicted molar refractivity (Wildman–Crippen MR) is 532 cm³/mol. The second-order valence-corrected chi connectivity index (χ2v) is 47.0. The van der Waals surface area contributed by atoms with Crippen LogP contribution in [0.4, 0.5) is 0 Å². The van der Waals surface area contributed by atoms with Crippen LogP contribution in [0.3, 0.4) is 0 Å². The van der Waals surface area contributed by atoms with Crippen molar-refractivity contribution >= 4 is 22.7 Å². The fourth-order valence-corrected chi connectivity index (χ4v) is 32.6. The van der Waals surface area contributed by atoms with Crippen molar-refractivity contribution in [3.8, 4) is 0 Å². The molecular weight excluding hydrogens is 1550 g/mol. The molecule has 12 heteroatoms. The SMILES string of the molecule is CC1C2CCCCC2CCN1C.CC1CC2C3CCCCC3CC2N1C.CC1CC2CC3CCCCC3C2N1C.CC1CC2CCCCC2N1C.CC1CC2CCc3ccccc3C2N1C.CC1CC2COCC2N1C.CC1CC2CSCC2N1C.CC1CC2Cc3ccccc3C2N1C.CC1CC2c3ccccc3CC2N1C.Cc1cc2ccccc2n1C. The summed E-state index contributed by atoms with van der Waals surface area (Å²) in [6.45, 7) is 26.8. The normalized spacial score (nSPS) is 41.0. The lowest BCUT2D eigenvalue weighted by Gasteiger charge is -2.45. The van der Waals surface area contributed by atoms with Crippen LogP contribution in [-0.2, 0) is 31.0 Å². The molecule has 6 saturated carbocycles. The number of likely N-dealkylation sites (tertiary alicyclic amines) is 9. The molecular formula is C113H180N10OS. The Morgan fingerprint density at radius 2 is 0.808 bits per heavy atom. The maximum atomic E-state index is 5.39. The Morgan fingerprint density at radius 1 is 0.320 bits per heavy atom. The fourth-order valence-electron chi connectivity index (χ4n) is 31.1. The first-order valence-corrected chi connectivity index (χ1v) is 53.8. The quantitative estimate of drug-likeness (QED) is 0.149. The molecule has 9 aliphatic carbocycles. The van der Waals surface area contributed by atoms with Crippen LogP contribution in [0.2, 0.25) is 0 Å². The van der Waals surface area contributed by atoms with Crippen LogP contribution in [0.15, 0.2) is 103 Å². The first kappa shape index (κ1) is 94.6. The standard InChI is InChI=1S/C14H19N.C13H23N.C13H17N.C13H23N.C13H17N.C11H21N.C10H19N.C10H11N.C8H15NO.C8H15NS/c1-10-9-12-8-7-11-5-3-4-6-13(11)14(12)15(10)2;2*1-9-7-11-8-10-5-3-4-6-12(10)13(11)14(9)2;2*1-9-7-12-11-6-4-3-5-10(11)8-13(12)14(9)2;1-9-11-6-4-3-5-10(11)7-8-12(9)2;2*1-8-7-9-5-3-4-6-10(9)11(8)2;2*1-6-3-7-4-10-5-8(7)9(6)2/h3-6,10,12,14H,7-9H2,1-2H3;9-13H,3-8H2,1-2H3;3-6,9,11,13H,7-8H2,1-2H3;9-13H,3-8H2,1-2H3;3-6,9,12-13H,7-8H2,1-2H3;9-11H,3-8H2,1-2H3;8-10H,3-7H2,1-2H3;3-7H,1-2H3;2*6-8H,3-5H2,1-2H3. The Bertz CT molecular complexity index is 4160. The van der Waals surface area contributed by atoms with Gasteiger partial charge in [0.05, 0.1) is 13.2 Å². The van der Waals surface area contributed by atoms with E-state index in [0.717, 1.165) is 187 Å². The van der Waals surface area contributed by atoms with E-state index in [4.69, 9.17) is 4.74 Å². The van der Waals surface area contributed by atoms with Gasteiger partial charge in [0.15, 0.2) is 0 Å². The number of fused-ring (bicyclic) bond motifs is 20. The van der Waals surface area contributed by atoms with Gasteiger partial charge in [-0.1, -0.05) is 162 Å². The van der Waals surface area contributed by atoms with Crippen molar-refractivity contribution < 1.29 is 4.74 Å². The van der Waals surface area contributed by atoms with Gasteiger partial charge in [-0.25, -0.2) is 0 Å². The number of para-hydroxylation sites is 1. The highest BCUT2D eigenvalue weighted by Crippen LogP contribution is 2.56. The Labute approximate surface area is 768 Å². The van der Waals surface area contributed by atoms with E-state index >= 15 is 0 Å². The van der Waals surface area contributed by atoms with Crippen LogP contribution < -0.4 is 0 Å². The summed E-state index contributed by atoms with van der Waals surface area (Å²) >= 11 is 2.13. The van der Waals surface area contributed by atoms with Crippen molar-refractivity contribution in [2.75, 3.05) is 94.7 Å². The number of ether oxygens (including phenoxy) is 1. The van der Waals surface area contributed by atoms with Gasteiger partial charge in [0, 0.05) is 139 Å². The summed E-state index contributed by atoms with van der Waals surface area (Å²) in [7, 11) is 22.7. The first-order chi connectivity index (χ1) is 60.3. The lowest BCUT2D eigenvalue weighted by atomic mass is 9.71. The maximum absolute atomic E-state index is 5.39. The monoisotopic (exact) mass is 1730 g/mol. The van der Waals surface area contributed by atoms with Crippen LogP contribution in [0.1, 0.15) is 299 Å². The Kier molecular flexibility index (Phi) is 32.0. The number of thioether (sulfide) groups is 1. The summed E-state index contributed by atoms with van der Waals surface area (Å²) in [4.78, 5) is 23.2. The van der Waals surface area contributed by atoms with Gasteiger partial charge in [-0.3, -0.25) is 24.5 Å².